The predicted molar refractivity (Wildman–Crippen MR) is 76.5 cm³/mol. The van der Waals surface area contributed by atoms with Crippen LogP contribution in [0.3, 0.4) is 0 Å². The summed E-state index contributed by atoms with van der Waals surface area (Å²) >= 11 is 0. The number of imide groups is 1. The van der Waals surface area contributed by atoms with Crippen LogP contribution in [-0.2, 0) is 16.9 Å². The van der Waals surface area contributed by atoms with Gasteiger partial charge in [0.05, 0.1) is 0 Å². The van der Waals surface area contributed by atoms with Crippen molar-refractivity contribution < 1.29 is 18.5 Å². The number of urea groups is 1. The number of rotatable bonds is 4. The second-order valence-corrected chi connectivity index (χ2v) is 5.32. The lowest BCUT2D eigenvalue weighted by molar-refractivity contribution is -0.132. The Morgan fingerprint density at radius 2 is 2.00 bits per heavy atom. The minimum absolute atomic E-state index is 0.103. The molecule has 1 aromatic carbocycles. The van der Waals surface area contributed by atoms with Gasteiger partial charge in [-0.2, -0.15) is 4.98 Å². The SMILES string of the molecule is CC[C@@]1(c2ccc(F)cc2)NC(=O)N(Cc2nc(C)no2)C1=O. The Labute approximate surface area is 131 Å². The second kappa shape index (κ2) is 5.45. The summed E-state index contributed by atoms with van der Waals surface area (Å²) in [5.74, 6) is -0.230. The fourth-order valence-corrected chi connectivity index (χ4v) is 2.68. The summed E-state index contributed by atoms with van der Waals surface area (Å²) in [6, 6.07) is 4.97. The number of aryl methyl sites for hydroxylation is 1. The van der Waals surface area contributed by atoms with Crippen molar-refractivity contribution in [1.29, 1.82) is 0 Å². The van der Waals surface area contributed by atoms with Gasteiger partial charge in [0, 0.05) is 0 Å². The average molecular weight is 318 g/mol. The monoisotopic (exact) mass is 318 g/mol. The first-order valence-electron chi connectivity index (χ1n) is 7.15. The maximum absolute atomic E-state index is 13.1. The molecule has 0 bridgehead atoms. The molecule has 1 fully saturated rings. The van der Waals surface area contributed by atoms with Crippen molar-refractivity contribution in [2.24, 2.45) is 0 Å². The Hall–Kier alpha value is -2.77. The smallest absolute Gasteiger partial charge is 0.325 e. The predicted octanol–water partition coefficient (Wildman–Crippen LogP) is 1.87. The summed E-state index contributed by atoms with van der Waals surface area (Å²) in [5.41, 5.74) is -0.677. The normalized spacial score (nSPS) is 20.9. The lowest BCUT2D eigenvalue weighted by atomic mass is 9.87. The fourth-order valence-electron chi connectivity index (χ4n) is 2.68. The largest absolute Gasteiger partial charge is 0.337 e. The third-order valence-electron chi connectivity index (χ3n) is 3.91. The molecular formula is C15H15FN4O3. The van der Waals surface area contributed by atoms with Crippen LogP contribution in [-0.4, -0.2) is 27.0 Å². The summed E-state index contributed by atoms with van der Waals surface area (Å²) in [6.45, 7) is 3.32. The van der Waals surface area contributed by atoms with Gasteiger partial charge in [0.1, 0.15) is 17.9 Å². The minimum Gasteiger partial charge on any atom is -0.337 e. The third-order valence-corrected chi connectivity index (χ3v) is 3.91. The molecule has 23 heavy (non-hydrogen) atoms. The zero-order valence-electron chi connectivity index (χ0n) is 12.7. The highest BCUT2D eigenvalue weighted by Crippen LogP contribution is 2.33. The van der Waals surface area contributed by atoms with Crippen LogP contribution in [0.2, 0.25) is 0 Å². The van der Waals surface area contributed by atoms with Gasteiger partial charge in [-0.15, -0.1) is 0 Å². The van der Waals surface area contributed by atoms with E-state index in [0.717, 1.165) is 4.90 Å². The third kappa shape index (κ3) is 2.45. The Balaban J connectivity index is 1.93. The van der Waals surface area contributed by atoms with Crippen LogP contribution >= 0.6 is 0 Å². The highest BCUT2D eigenvalue weighted by atomic mass is 19.1. The number of hydrogen-bond donors (Lipinski definition) is 1. The number of aromatic nitrogens is 2. The van der Waals surface area contributed by atoms with Gasteiger partial charge in [0.2, 0.25) is 5.89 Å². The molecule has 0 unspecified atom stereocenters. The van der Waals surface area contributed by atoms with Crippen molar-refractivity contribution in [1.82, 2.24) is 20.4 Å². The maximum Gasteiger partial charge on any atom is 0.325 e. The van der Waals surface area contributed by atoms with Crippen LogP contribution in [0.4, 0.5) is 9.18 Å². The van der Waals surface area contributed by atoms with Crippen LogP contribution in [0.5, 0.6) is 0 Å². The van der Waals surface area contributed by atoms with Crippen LogP contribution in [0.1, 0.15) is 30.6 Å². The van der Waals surface area contributed by atoms with Gasteiger partial charge in [-0.3, -0.25) is 9.69 Å². The average Bonchev–Trinajstić information content (AvgIpc) is 3.05. The topological polar surface area (TPSA) is 88.3 Å². The lowest BCUT2D eigenvalue weighted by Crippen LogP contribution is -2.43. The van der Waals surface area contributed by atoms with E-state index >= 15 is 0 Å². The van der Waals surface area contributed by atoms with Crippen LogP contribution in [0, 0.1) is 12.7 Å². The molecule has 1 N–H and O–H groups in total. The van der Waals surface area contributed by atoms with Crippen molar-refractivity contribution >= 4 is 11.9 Å². The molecule has 2 aromatic rings. The van der Waals surface area contributed by atoms with Crippen molar-refractivity contribution in [3.63, 3.8) is 0 Å². The number of halogens is 1. The second-order valence-electron chi connectivity index (χ2n) is 5.32. The summed E-state index contributed by atoms with van der Waals surface area (Å²) in [5, 5.41) is 6.34. The number of hydrogen-bond acceptors (Lipinski definition) is 5. The molecule has 3 rings (SSSR count). The van der Waals surface area contributed by atoms with Gasteiger partial charge >= 0.3 is 6.03 Å². The van der Waals surface area contributed by atoms with E-state index in [4.69, 9.17) is 4.52 Å². The zero-order chi connectivity index (χ0) is 16.6. The number of benzene rings is 1. The zero-order valence-corrected chi connectivity index (χ0v) is 12.7. The van der Waals surface area contributed by atoms with Crippen LogP contribution < -0.4 is 5.32 Å². The molecule has 1 aliphatic heterocycles. The molecule has 1 aromatic heterocycles. The number of carbonyl (C=O) groups excluding carboxylic acids is 2. The molecule has 3 amide bonds. The van der Waals surface area contributed by atoms with Crippen LogP contribution in [0.15, 0.2) is 28.8 Å². The number of nitrogens with zero attached hydrogens (tertiary/aromatic N) is 3. The molecule has 2 heterocycles. The molecule has 0 aliphatic carbocycles. The molecule has 0 spiro atoms. The Bertz CT molecular complexity index is 758. The van der Waals surface area contributed by atoms with E-state index in [1.807, 2.05) is 0 Å². The first kappa shape index (κ1) is 15.1. The van der Waals surface area contributed by atoms with Crippen molar-refractivity contribution in [3.8, 4) is 0 Å². The van der Waals surface area contributed by atoms with E-state index in [9.17, 15) is 14.0 Å². The van der Waals surface area contributed by atoms with Gasteiger partial charge in [0.25, 0.3) is 5.91 Å². The van der Waals surface area contributed by atoms with E-state index in [-0.39, 0.29) is 12.4 Å². The molecule has 1 atom stereocenters. The summed E-state index contributed by atoms with van der Waals surface area (Å²) in [7, 11) is 0. The minimum atomic E-state index is -1.21. The molecule has 1 aliphatic rings. The molecular weight excluding hydrogens is 303 g/mol. The summed E-state index contributed by atoms with van der Waals surface area (Å²) < 4.78 is 18.1. The standard InChI is InChI=1S/C15H15FN4O3/c1-3-15(10-4-6-11(16)7-5-10)13(21)20(14(22)18-15)8-12-17-9(2)19-23-12/h4-7H,3,8H2,1-2H3,(H,18,22)/t15-/m0/s1. The van der Waals surface area contributed by atoms with Gasteiger partial charge in [-0.05, 0) is 31.0 Å². The molecule has 1 saturated heterocycles. The summed E-state index contributed by atoms with van der Waals surface area (Å²) in [6.07, 6.45) is 0.336. The maximum atomic E-state index is 13.1. The van der Waals surface area contributed by atoms with E-state index in [1.54, 1.807) is 13.8 Å². The number of amides is 3. The van der Waals surface area contributed by atoms with Crippen molar-refractivity contribution in [3.05, 3.63) is 47.4 Å². The molecule has 0 radical (unpaired) electrons. The van der Waals surface area contributed by atoms with Crippen LogP contribution in [0.25, 0.3) is 0 Å². The van der Waals surface area contributed by atoms with Crippen molar-refractivity contribution in [2.75, 3.05) is 0 Å². The van der Waals surface area contributed by atoms with E-state index in [0.29, 0.717) is 17.8 Å². The van der Waals surface area contributed by atoms with E-state index in [1.165, 1.54) is 24.3 Å². The first-order chi connectivity index (χ1) is 11.0. The van der Waals surface area contributed by atoms with E-state index in [2.05, 4.69) is 15.5 Å². The van der Waals surface area contributed by atoms with Gasteiger partial charge < -0.3 is 9.84 Å². The molecule has 7 nitrogen and oxygen atoms in total. The Morgan fingerprint density at radius 3 is 2.57 bits per heavy atom. The Morgan fingerprint density at radius 1 is 1.30 bits per heavy atom. The van der Waals surface area contributed by atoms with E-state index < -0.39 is 23.3 Å². The summed E-state index contributed by atoms with van der Waals surface area (Å²) in [4.78, 5) is 30.1. The molecule has 8 heteroatoms. The van der Waals surface area contributed by atoms with Gasteiger partial charge in [0.15, 0.2) is 5.82 Å². The number of carbonyl (C=O) groups is 2. The lowest BCUT2D eigenvalue weighted by Gasteiger charge is -2.25. The highest BCUT2D eigenvalue weighted by molar-refractivity contribution is 6.07. The quantitative estimate of drug-likeness (QED) is 0.870. The molecule has 0 saturated carbocycles. The first-order valence-corrected chi connectivity index (χ1v) is 7.15. The highest BCUT2D eigenvalue weighted by Gasteiger charge is 2.51. The van der Waals surface area contributed by atoms with Gasteiger partial charge in [-0.1, -0.05) is 24.2 Å². The molecule has 120 valence electrons. The van der Waals surface area contributed by atoms with Crippen molar-refractivity contribution in [2.45, 2.75) is 32.4 Å². The number of nitrogens with one attached hydrogen (secondary N) is 1. The van der Waals surface area contributed by atoms with Gasteiger partial charge in [-0.25, -0.2) is 9.18 Å². The fraction of sp³-hybridized carbons (Fsp3) is 0.333. The Kier molecular flexibility index (Phi) is 3.59.